The SMILES string of the molecule is CC(=O)[C@H]1O[C@H](O)[C@@H](O[Si](C(C)C)(C(C)C)C(C)C)[C@@H]1O[Si](C(C)C)(C(C)C)C(C)C. The van der Waals surface area contributed by atoms with E-state index in [1.54, 1.807) is 0 Å². The monoisotopic (exact) mass is 474 g/mol. The van der Waals surface area contributed by atoms with Gasteiger partial charge in [0.1, 0.15) is 18.3 Å². The second-order valence-electron chi connectivity index (χ2n) is 11.4. The Hall–Kier alpha value is -0.0562. The van der Waals surface area contributed by atoms with E-state index >= 15 is 0 Å². The largest absolute Gasteiger partial charge is 0.407 e. The number of ether oxygens (including phenoxy) is 1. The molecule has 1 N–H and O–H groups in total. The molecule has 0 aromatic heterocycles. The van der Waals surface area contributed by atoms with E-state index in [1.807, 2.05) is 0 Å². The van der Waals surface area contributed by atoms with Gasteiger partial charge in [-0.2, -0.15) is 0 Å². The molecule has 0 spiro atoms. The molecule has 1 aliphatic rings. The number of hydrogen-bond donors (Lipinski definition) is 1. The fraction of sp³-hybridized carbons (Fsp3) is 0.958. The van der Waals surface area contributed by atoms with Crippen LogP contribution in [-0.4, -0.2) is 52.1 Å². The fourth-order valence-corrected chi connectivity index (χ4v) is 17.6. The third-order valence-corrected chi connectivity index (χ3v) is 19.9. The number of carbonyl (C=O) groups is 1. The molecule has 184 valence electrons. The number of carbonyl (C=O) groups excluding carboxylic acids is 1. The first-order chi connectivity index (χ1) is 14.1. The molecule has 4 atom stereocenters. The van der Waals surface area contributed by atoms with Crippen molar-refractivity contribution in [3.63, 3.8) is 0 Å². The summed E-state index contributed by atoms with van der Waals surface area (Å²) in [6, 6.07) is 0. The lowest BCUT2D eigenvalue weighted by Crippen LogP contribution is -2.58. The first-order valence-electron chi connectivity index (χ1n) is 12.3. The summed E-state index contributed by atoms with van der Waals surface area (Å²) in [4.78, 5) is 12.6. The molecule has 0 amide bonds. The minimum absolute atomic E-state index is 0.111. The van der Waals surface area contributed by atoms with Gasteiger partial charge in [0.15, 0.2) is 12.1 Å². The Morgan fingerprint density at radius 2 is 0.968 bits per heavy atom. The molecule has 0 saturated carbocycles. The molecule has 0 radical (unpaired) electrons. The number of Topliss-reactive ketones (excluding diaryl/α,β-unsaturated/α-hetero) is 1. The normalized spacial score (nSPS) is 25.8. The number of ketones is 1. The van der Waals surface area contributed by atoms with Gasteiger partial charge >= 0.3 is 0 Å². The molecule has 0 aliphatic carbocycles. The topological polar surface area (TPSA) is 65.0 Å². The molecule has 7 heteroatoms. The summed E-state index contributed by atoms with van der Waals surface area (Å²) in [5.41, 5.74) is 2.17. The average Bonchev–Trinajstić information content (AvgIpc) is 2.90. The van der Waals surface area contributed by atoms with Crippen molar-refractivity contribution in [3.05, 3.63) is 0 Å². The van der Waals surface area contributed by atoms with E-state index in [0.717, 1.165) is 0 Å². The van der Waals surface area contributed by atoms with Crippen LogP contribution >= 0.6 is 0 Å². The quantitative estimate of drug-likeness (QED) is 0.350. The summed E-state index contributed by atoms with van der Waals surface area (Å²) in [5, 5.41) is 11.0. The molecule has 31 heavy (non-hydrogen) atoms. The summed E-state index contributed by atoms with van der Waals surface area (Å²) in [5.74, 6) is -0.111. The Morgan fingerprint density at radius 3 is 1.23 bits per heavy atom. The number of aliphatic hydroxyl groups excluding tert-OH is 1. The molecule has 1 rings (SSSR count). The molecular formula is C24H50O5Si2. The van der Waals surface area contributed by atoms with E-state index in [4.69, 9.17) is 13.6 Å². The standard InChI is InChI=1S/C24H50O5Si2/c1-14(2)30(15(3)4,16(5)6)28-22-21(20(13)25)27-24(26)23(22)29-31(17(7)8,18(9)10)19(11)12/h14-19,21-24,26H,1-13H3/t21-,22-,23+,24+/m1/s1. The molecule has 0 bridgehead atoms. The van der Waals surface area contributed by atoms with Crippen LogP contribution < -0.4 is 0 Å². The molecule has 1 aliphatic heterocycles. The Balaban J connectivity index is 3.55. The minimum Gasteiger partial charge on any atom is -0.407 e. The zero-order valence-electron chi connectivity index (χ0n) is 22.4. The zero-order valence-corrected chi connectivity index (χ0v) is 24.4. The fourth-order valence-electron chi connectivity index (χ4n) is 6.51. The maximum atomic E-state index is 12.6. The van der Waals surface area contributed by atoms with Crippen molar-refractivity contribution >= 4 is 22.4 Å². The molecule has 1 saturated heterocycles. The number of rotatable bonds is 11. The first-order valence-corrected chi connectivity index (χ1v) is 16.5. The van der Waals surface area contributed by atoms with Crippen LogP contribution in [0.4, 0.5) is 0 Å². The van der Waals surface area contributed by atoms with Gasteiger partial charge in [-0.25, -0.2) is 0 Å². The Morgan fingerprint density at radius 1 is 0.677 bits per heavy atom. The summed E-state index contributed by atoms with van der Waals surface area (Å²) >= 11 is 0. The van der Waals surface area contributed by atoms with E-state index < -0.39 is 41.2 Å². The van der Waals surface area contributed by atoms with Gasteiger partial charge in [-0.15, -0.1) is 0 Å². The van der Waals surface area contributed by atoms with Gasteiger partial charge < -0.3 is 18.7 Å². The van der Waals surface area contributed by atoms with E-state index in [0.29, 0.717) is 33.2 Å². The van der Waals surface area contributed by atoms with E-state index in [9.17, 15) is 9.90 Å². The predicted molar refractivity (Wildman–Crippen MR) is 133 cm³/mol. The highest BCUT2D eigenvalue weighted by atomic mass is 28.4. The van der Waals surface area contributed by atoms with Crippen molar-refractivity contribution < 1.29 is 23.5 Å². The van der Waals surface area contributed by atoms with Gasteiger partial charge in [0, 0.05) is 0 Å². The Bertz CT molecular complexity index is 545. The van der Waals surface area contributed by atoms with Crippen molar-refractivity contribution in [2.24, 2.45) is 0 Å². The summed E-state index contributed by atoms with van der Waals surface area (Å²) in [6.45, 7) is 28.2. The minimum atomic E-state index is -2.32. The van der Waals surface area contributed by atoms with Gasteiger partial charge in [-0.1, -0.05) is 83.1 Å². The average molecular weight is 475 g/mol. The third-order valence-electron chi connectivity index (χ3n) is 7.68. The zero-order chi connectivity index (χ0) is 24.5. The maximum Gasteiger partial charge on any atom is 0.201 e. The van der Waals surface area contributed by atoms with Gasteiger partial charge in [0.2, 0.25) is 16.6 Å². The molecular weight excluding hydrogens is 424 g/mol. The van der Waals surface area contributed by atoms with E-state index in [1.165, 1.54) is 6.92 Å². The van der Waals surface area contributed by atoms with Crippen LogP contribution in [0.3, 0.4) is 0 Å². The van der Waals surface area contributed by atoms with Crippen LogP contribution in [-0.2, 0) is 18.4 Å². The second-order valence-corrected chi connectivity index (χ2v) is 22.2. The van der Waals surface area contributed by atoms with E-state index in [2.05, 4.69) is 83.1 Å². The second kappa shape index (κ2) is 10.9. The predicted octanol–water partition coefficient (Wildman–Crippen LogP) is 6.41. The summed E-state index contributed by atoms with van der Waals surface area (Å²) in [6.07, 6.45) is -3.16. The van der Waals surface area contributed by atoms with E-state index in [-0.39, 0.29) is 5.78 Å². The smallest absolute Gasteiger partial charge is 0.201 e. The lowest BCUT2D eigenvalue weighted by atomic mass is 10.1. The van der Waals surface area contributed by atoms with Crippen LogP contribution in [0.2, 0.25) is 33.2 Å². The van der Waals surface area contributed by atoms with Crippen molar-refractivity contribution in [1.29, 1.82) is 0 Å². The van der Waals surface area contributed by atoms with Crippen molar-refractivity contribution in [2.45, 2.75) is 148 Å². The molecule has 1 fully saturated rings. The molecule has 1 heterocycles. The van der Waals surface area contributed by atoms with Crippen LogP contribution in [0.1, 0.15) is 90.0 Å². The van der Waals surface area contributed by atoms with Crippen LogP contribution in [0.15, 0.2) is 0 Å². The lowest BCUT2D eigenvalue weighted by molar-refractivity contribution is -0.146. The highest BCUT2D eigenvalue weighted by Crippen LogP contribution is 2.48. The van der Waals surface area contributed by atoms with Gasteiger partial charge in [0.25, 0.3) is 0 Å². The highest BCUT2D eigenvalue weighted by molar-refractivity contribution is 6.78. The lowest BCUT2D eigenvalue weighted by Gasteiger charge is -2.48. The summed E-state index contributed by atoms with van der Waals surface area (Å²) in [7, 11) is -4.63. The van der Waals surface area contributed by atoms with Crippen molar-refractivity contribution in [2.75, 3.05) is 0 Å². The molecule has 0 aromatic rings. The van der Waals surface area contributed by atoms with Crippen LogP contribution in [0, 0.1) is 0 Å². The van der Waals surface area contributed by atoms with Gasteiger partial charge in [-0.3, -0.25) is 4.79 Å². The summed E-state index contributed by atoms with van der Waals surface area (Å²) < 4.78 is 19.9. The number of hydrogen-bond acceptors (Lipinski definition) is 5. The first kappa shape index (κ1) is 29.0. The van der Waals surface area contributed by atoms with Gasteiger partial charge in [-0.05, 0) is 40.2 Å². The van der Waals surface area contributed by atoms with Crippen molar-refractivity contribution in [1.82, 2.24) is 0 Å². The van der Waals surface area contributed by atoms with Gasteiger partial charge in [0.05, 0.1) is 0 Å². The molecule has 5 nitrogen and oxygen atoms in total. The van der Waals surface area contributed by atoms with Crippen molar-refractivity contribution in [3.8, 4) is 0 Å². The Kier molecular flexibility index (Phi) is 10.2. The van der Waals surface area contributed by atoms with Crippen LogP contribution in [0.25, 0.3) is 0 Å². The van der Waals surface area contributed by atoms with Crippen LogP contribution in [0.5, 0.6) is 0 Å². The highest BCUT2D eigenvalue weighted by Gasteiger charge is 2.58. The third kappa shape index (κ3) is 5.38. The molecule has 0 unspecified atom stereocenters. The molecule has 0 aromatic carbocycles. The number of aliphatic hydroxyl groups is 1. The maximum absolute atomic E-state index is 12.6. The Labute approximate surface area is 193 Å².